The van der Waals surface area contributed by atoms with Crippen LogP contribution in [0.15, 0.2) is 42.2 Å². The summed E-state index contributed by atoms with van der Waals surface area (Å²) in [5.74, 6) is -0.0334. The molecule has 0 atom stereocenters. The molecule has 0 aliphatic heterocycles. The summed E-state index contributed by atoms with van der Waals surface area (Å²) in [7, 11) is 0. The van der Waals surface area contributed by atoms with Crippen LogP contribution in [0.2, 0.25) is 0 Å². The maximum atomic E-state index is 11.7. The van der Waals surface area contributed by atoms with Gasteiger partial charge < -0.3 is 9.72 Å². The molecule has 0 bridgehead atoms. The van der Waals surface area contributed by atoms with Gasteiger partial charge in [-0.15, -0.1) is 0 Å². The highest BCUT2D eigenvalue weighted by Crippen LogP contribution is 2.04. The zero-order valence-corrected chi connectivity index (χ0v) is 10.7. The van der Waals surface area contributed by atoms with Crippen molar-refractivity contribution >= 4 is 11.6 Å². The van der Waals surface area contributed by atoms with Gasteiger partial charge in [0.05, 0.1) is 12.2 Å². The van der Waals surface area contributed by atoms with E-state index in [2.05, 4.69) is 10.3 Å². The highest BCUT2D eigenvalue weighted by atomic mass is 16.1. The first kappa shape index (κ1) is 12.4. The van der Waals surface area contributed by atoms with Gasteiger partial charge in [0.15, 0.2) is 0 Å². The Hall–Kier alpha value is -2.10. The van der Waals surface area contributed by atoms with E-state index in [4.69, 9.17) is 0 Å². The summed E-state index contributed by atoms with van der Waals surface area (Å²) >= 11 is 0. The molecule has 0 radical (unpaired) electrons. The summed E-state index contributed by atoms with van der Waals surface area (Å²) in [6.07, 6.45) is 6.65. The van der Waals surface area contributed by atoms with Crippen LogP contribution in [0, 0.1) is 0 Å². The summed E-state index contributed by atoms with van der Waals surface area (Å²) in [5, 5.41) is 2.86. The Morgan fingerprint density at radius 2 is 2.33 bits per heavy atom. The van der Waals surface area contributed by atoms with Crippen molar-refractivity contribution in [1.29, 1.82) is 0 Å². The van der Waals surface area contributed by atoms with E-state index in [1.807, 2.05) is 54.9 Å². The van der Waals surface area contributed by atoms with E-state index in [9.17, 15) is 4.79 Å². The van der Waals surface area contributed by atoms with E-state index in [-0.39, 0.29) is 5.91 Å². The Morgan fingerprint density at radius 3 is 3.06 bits per heavy atom. The first-order valence-corrected chi connectivity index (χ1v) is 6.08. The van der Waals surface area contributed by atoms with Gasteiger partial charge in [0.1, 0.15) is 5.65 Å². The lowest BCUT2D eigenvalue weighted by Gasteiger charge is -2.02. The summed E-state index contributed by atoms with van der Waals surface area (Å²) in [4.78, 5) is 16.1. The van der Waals surface area contributed by atoms with Gasteiger partial charge in [-0.3, -0.25) is 4.79 Å². The number of carbonyl (C=O) groups excluding carboxylic acids is 1. The number of nitrogens with one attached hydrogen (secondary N) is 1. The number of nitrogens with zero attached hydrogens (tertiary/aromatic N) is 2. The molecule has 4 heteroatoms. The largest absolute Gasteiger partial charge is 0.347 e. The average molecular weight is 243 g/mol. The third-order valence-corrected chi connectivity index (χ3v) is 2.71. The molecule has 0 aromatic carbocycles. The maximum absolute atomic E-state index is 11.7. The first-order chi connectivity index (χ1) is 8.70. The number of aromatic nitrogens is 2. The van der Waals surface area contributed by atoms with Crippen molar-refractivity contribution in [3.8, 4) is 0 Å². The van der Waals surface area contributed by atoms with Crippen LogP contribution in [0.4, 0.5) is 0 Å². The van der Waals surface area contributed by atoms with Crippen LogP contribution in [0.1, 0.15) is 26.0 Å². The second-order valence-electron chi connectivity index (χ2n) is 4.18. The van der Waals surface area contributed by atoms with Crippen LogP contribution in [0.3, 0.4) is 0 Å². The molecule has 1 N–H and O–H groups in total. The number of allylic oxidation sites excluding steroid dienone is 1. The Balaban J connectivity index is 2.02. The predicted molar refractivity (Wildman–Crippen MR) is 71.1 cm³/mol. The van der Waals surface area contributed by atoms with Crippen molar-refractivity contribution in [1.82, 2.24) is 14.7 Å². The number of amides is 1. The van der Waals surface area contributed by atoms with E-state index < -0.39 is 0 Å². The van der Waals surface area contributed by atoms with E-state index in [1.54, 1.807) is 0 Å². The molecular formula is C14H17N3O. The molecule has 0 saturated carbocycles. The Kier molecular flexibility index (Phi) is 3.77. The molecule has 2 aromatic rings. The van der Waals surface area contributed by atoms with Gasteiger partial charge >= 0.3 is 0 Å². The molecule has 4 nitrogen and oxygen atoms in total. The number of imidazole rings is 1. The highest BCUT2D eigenvalue weighted by Gasteiger charge is 2.05. The fraction of sp³-hybridized carbons (Fsp3) is 0.286. The minimum absolute atomic E-state index is 0.0334. The van der Waals surface area contributed by atoms with Gasteiger partial charge in [-0.25, -0.2) is 4.98 Å². The Morgan fingerprint density at radius 1 is 1.50 bits per heavy atom. The van der Waals surface area contributed by atoms with Crippen LogP contribution in [-0.4, -0.2) is 15.3 Å². The second kappa shape index (κ2) is 5.49. The summed E-state index contributed by atoms with van der Waals surface area (Å²) in [5.41, 5.74) is 2.50. The zero-order valence-electron chi connectivity index (χ0n) is 10.7. The highest BCUT2D eigenvalue weighted by molar-refractivity contribution is 5.92. The lowest BCUT2D eigenvalue weighted by molar-refractivity contribution is -0.117. The third kappa shape index (κ3) is 2.77. The fourth-order valence-electron chi connectivity index (χ4n) is 1.78. The van der Waals surface area contributed by atoms with Crippen molar-refractivity contribution in [3.05, 3.63) is 47.9 Å². The number of hydrogen-bond acceptors (Lipinski definition) is 2. The quantitative estimate of drug-likeness (QED) is 0.838. The lowest BCUT2D eigenvalue weighted by atomic mass is 10.2. The first-order valence-electron chi connectivity index (χ1n) is 6.08. The SMILES string of the molecule is CCC=C(C)C(=O)NCc1cn2ccccc2n1. The van der Waals surface area contributed by atoms with Crippen LogP contribution in [0.25, 0.3) is 5.65 Å². The van der Waals surface area contributed by atoms with Crippen molar-refractivity contribution in [2.24, 2.45) is 0 Å². The van der Waals surface area contributed by atoms with Gasteiger partial charge in [-0.2, -0.15) is 0 Å². The van der Waals surface area contributed by atoms with Gasteiger partial charge in [0, 0.05) is 18.0 Å². The molecule has 0 fully saturated rings. The number of carbonyl (C=O) groups is 1. The van der Waals surface area contributed by atoms with Crippen molar-refractivity contribution in [2.75, 3.05) is 0 Å². The van der Waals surface area contributed by atoms with E-state index in [1.165, 1.54) is 0 Å². The third-order valence-electron chi connectivity index (χ3n) is 2.71. The molecule has 0 aliphatic rings. The molecule has 94 valence electrons. The molecule has 2 rings (SSSR count). The molecular weight excluding hydrogens is 226 g/mol. The summed E-state index contributed by atoms with van der Waals surface area (Å²) in [6.45, 7) is 4.29. The molecule has 2 heterocycles. The molecule has 0 unspecified atom stereocenters. The Labute approximate surface area is 106 Å². The second-order valence-corrected chi connectivity index (χ2v) is 4.18. The average Bonchev–Trinajstić information content (AvgIpc) is 2.78. The Bertz CT molecular complexity index is 550. The molecule has 0 aliphatic carbocycles. The maximum Gasteiger partial charge on any atom is 0.246 e. The van der Waals surface area contributed by atoms with Gasteiger partial charge in [-0.05, 0) is 25.5 Å². The van der Waals surface area contributed by atoms with E-state index in [0.29, 0.717) is 6.54 Å². The standard InChI is InChI=1S/C14H17N3O/c1-3-6-11(2)14(18)15-9-12-10-17-8-5-4-7-13(17)16-12/h4-8,10H,3,9H2,1-2H3,(H,15,18). The predicted octanol–water partition coefficient (Wildman–Crippen LogP) is 2.31. The van der Waals surface area contributed by atoms with Crippen molar-refractivity contribution < 1.29 is 4.79 Å². The minimum Gasteiger partial charge on any atom is -0.347 e. The molecule has 2 aromatic heterocycles. The van der Waals surface area contributed by atoms with Crippen LogP contribution < -0.4 is 5.32 Å². The molecule has 1 amide bonds. The van der Waals surface area contributed by atoms with Crippen molar-refractivity contribution in [3.63, 3.8) is 0 Å². The molecule has 0 saturated heterocycles. The lowest BCUT2D eigenvalue weighted by Crippen LogP contribution is -2.23. The van der Waals surface area contributed by atoms with Crippen LogP contribution >= 0.6 is 0 Å². The van der Waals surface area contributed by atoms with Gasteiger partial charge in [0.25, 0.3) is 0 Å². The van der Waals surface area contributed by atoms with Crippen LogP contribution in [0.5, 0.6) is 0 Å². The number of hydrogen-bond donors (Lipinski definition) is 1. The number of rotatable bonds is 4. The smallest absolute Gasteiger partial charge is 0.246 e. The van der Waals surface area contributed by atoms with Gasteiger partial charge in [-0.1, -0.05) is 19.1 Å². The molecule has 0 spiro atoms. The number of fused-ring (bicyclic) bond motifs is 1. The summed E-state index contributed by atoms with van der Waals surface area (Å²) in [6, 6.07) is 5.83. The summed E-state index contributed by atoms with van der Waals surface area (Å²) < 4.78 is 1.94. The normalized spacial score (nSPS) is 11.8. The topological polar surface area (TPSA) is 46.4 Å². The number of pyridine rings is 1. The van der Waals surface area contributed by atoms with Crippen LogP contribution in [-0.2, 0) is 11.3 Å². The fourth-order valence-corrected chi connectivity index (χ4v) is 1.78. The van der Waals surface area contributed by atoms with Gasteiger partial charge in [0.2, 0.25) is 5.91 Å². The minimum atomic E-state index is -0.0334. The molecule has 18 heavy (non-hydrogen) atoms. The van der Waals surface area contributed by atoms with Crippen molar-refractivity contribution in [2.45, 2.75) is 26.8 Å². The van der Waals surface area contributed by atoms with E-state index >= 15 is 0 Å². The van der Waals surface area contributed by atoms with E-state index in [0.717, 1.165) is 23.3 Å². The zero-order chi connectivity index (χ0) is 13.0. The monoisotopic (exact) mass is 243 g/mol.